The summed E-state index contributed by atoms with van der Waals surface area (Å²) in [5, 5.41) is 11.7. The fourth-order valence-corrected chi connectivity index (χ4v) is 2.50. The smallest absolute Gasteiger partial charge is 0.311 e. The fraction of sp³-hybridized carbons (Fsp3) is 0.154. The second kappa shape index (κ2) is 6.25. The Kier molecular flexibility index (Phi) is 4.41. The Bertz CT molecular complexity index is 634. The molecule has 2 aromatic rings. The van der Waals surface area contributed by atoms with Crippen molar-refractivity contribution in [3.05, 3.63) is 52.2 Å². The van der Waals surface area contributed by atoms with Gasteiger partial charge in [-0.05, 0) is 23.8 Å². The number of methoxy groups -OCH3 is 1. The van der Waals surface area contributed by atoms with Crippen LogP contribution in [-0.2, 0) is 5.75 Å². The van der Waals surface area contributed by atoms with Crippen molar-refractivity contribution in [1.29, 1.82) is 0 Å². The van der Waals surface area contributed by atoms with Gasteiger partial charge in [-0.2, -0.15) is 0 Å². The number of anilines is 1. The van der Waals surface area contributed by atoms with Gasteiger partial charge in [-0.3, -0.25) is 10.1 Å². The van der Waals surface area contributed by atoms with E-state index in [1.165, 1.54) is 24.9 Å². The molecule has 0 amide bonds. The summed E-state index contributed by atoms with van der Waals surface area (Å²) in [6.07, 6.45) is 1.66. The Morgan fingerprint density at radius 2 is 2.25 bits per heavy atom. The van der Waals surface area contributed by atoms with Gasteiger partial charge in [0.25, 0.3) is 0 Å². The van der Waals surface area contributed by atoms with Gasteiger partial charge in [0.05, 0.1) is 17.7 Å². The van der Waals surface area contributed by atoms with Gasteiger partial charge in [-0.15, -0.1) is 0 Å². The summed E-state index contributed by atoms with van der Waals surface area (Å²) in [6.45, 7) is 0. The topological polar surface area (TPSA) is 91.3 Å². The van der Waals surface area contributed by atoms with Crippen LogP contribution in [-0.4, -0.2) is 17.0 Å². The highest BCUT2D eigenvalue weighted by atomic mass is 32.2. The lowest BCUT2D eigenvalue weighted by molar-refractivity contribution is -0.385. The Balaban J connectivity index is 2.16. The van der Waals surface area contributed by atoms with Crippen LogP contribution in [0.25, 0.3) is 0 Å². The van der Waals surface area contributed by atoms with Crippen LogP contribution in [0.2, 0.25) is 0 Å². The summed E-state index contributed by atoms with van der Waals surface area (Å²) >= 11 is 1.43. The lowest BCUT2D eigenvalue weighted by Gasteiger charge is -2.06. The van der Waals surface area contributed by atoms with E-state index in [0.717, 1.165) is 5.56 Å². The molecule has 0 aliphatic carbocycles. The van der Waals surface area contributed by atoms with E-state index in [1.54, 1.807) is 30.5 Å². The molecule has 0 bridgehead atoms. The molecule has 0 unspecified atom stereocenters. The standard InChI is InChI=1S/C13H13N3O3S/c1-19-12-5-4-9(7-11(12)16(17)18)8-20-13-10(14)3-2-6-15-13/h2-7H,8,14H2,1H3. The van der Waals surface area contributed by atoms with Crippen LogP contribution < -0.4 is 10.5 Å². The molecule has 7 heteroatoms. The minimum Gasteiger partial charge on any atom is -0.490 e. The van der Waals surface area contributed by atoms with Crippen LogP contribution in [0.4, 0.5) is 11.4 Å². The molecule has 104 valence electrons. The molecule has 0 saturated carbocycles. The average molecular weight is 291 g/mol. The van der Waals surface area contributed by atoms with E-state index < -0.39 is 4.92 Å². The van der Waals surface area contributed by atoms with E-state index in [2.05, 4.69) is 4.98 Å². The lowest BCUT2D eigenvalue weighted by Crippen LogP contribution is -1.95. The Morgan fingerprint density at radius 3 is 2.90 bits per heavy atom. The van der Waals surface area contributed by atoms with Crippen molar-refractivity contribution < 1.29 is 9.66 Å². The minimum atomic E-state index is -0.456. The number of nitrogens with two attached hydrogens (primary N) is 1. The number of nitro benzene ring substituents is 1. The first kappa shape index (κ1) is 14.1. The molecule has 1 heterocycles. The van der Waals surface area contributed by atoms with Gasteiger partial charge in [0.1, 0.15) is 5.03 Å². The molecule has 6 nitrogen and oxygen atoms in total. The van der Waals surface area contributed by atoms with Crippen LogP contribution >= 0.6 is 11.8 Å². The SMILES string of the molecule is COc1ccc(CSc2ncccc2N)cc1[N+](=O)[O-]. The number of hydrogen-bond acceptors (Lipinski definition) is 6. The van der Waals surface area contributed by atoms with E-state index >= 15 is 0 Å². The van der Waals surface area contributed by atoms with Crippen LogP contribution in [0.15, 0.2) is 41.6 Å². The highest BCUT2D eigenvalue weighted by Gasteiger charge is 2.15. The molecule has 2 N–H and O–H groups in total. The quantitative estimate of drug-likeness (QED) is 0.517. The predicted molar refractivity (Wildman–Crippen MR) is 77.9 cm³/mol. The molecule has 20 heavy (non-hydrogen) atoms. The molecular weight excluding hydrogens is 278 g/mol. The second-order valence-electron chi connectivity index (χ2n) is 3.95. The number of thioether (sulfide) groups is 1. The monoisotopic (exact) mass is 291 g/mol. The maximum atomic E-state index is 10.9. The highest BCUT2D eigenvalue weighted by Crippen LogP contribution is 2.31. The van der Waals surface area contributed by atoms with Crippen molar-refractivity contribution in [3.63, 3.8) is 0 Å². The Labute approximate surface area is 120 Å². The number of ether oxygens (including phenoxy) is 1. The normalized spacial score (nSPS) is 10.2. The van der Waals surface area contributed by atoms with E-state index in [1.807, 2.05) is 0 Å². The Hall–Kier alpha value is -2.28. The molecule has 0 aliphatic rings. The summed E-state index contributed by atoms with van der Waals surface area (Å²) in [5.41, 5.74) is 7.17. The van der Waals surface area contributed by atoms with Crippen molar-refractivity contribution >= 4 is 23.1 Å². The number of hydrogen-bond donors (Lipinski definition) is 1. The second-order valence-corrected chi connectivity index (χ2v) is 4.91. The third kappa shape index (κ3) is 3.18. The van der Waals surface area contributed by atoms with E-state index in [4.69, 9.17) is 10.5 Å². The fourth-order valence-electron chi connectivity index (χ4n) is 1.64. The number of benzene rings is 1. The number of nitro groups is 1. The zero-order chi connectivity index (χ0) is 14.5. The van der Waals surface area contributed by atoms with E-state index in [0.29, 0.717) is 16.5 Å². The predicted octanol–water partition coefficient (Wildman–Crippen LogP) is 2.87. The number of nitrogens with zero attached hydrogens (tertiary/aromatic N) is 2. The number of pyridine rings is 1. The highest BCUT2D eigenvalue weighted by molar-refractivity contribution is 7.98. The maximum Gasteiger partial charge on any atom is 0.311 e. The number of aromatic nitrogens is 1. The number of rotatable bonds is 5. The number of nitrogen functional groups attached to an aromatic ring is 1. The average Bonchev–Trinajstić information content (AvgIpc) is 2.46. The molecule has 0 radical (unpaired) electrons. The van der Waals surface area contributed by atoms with Crippen LogP contribution in [0.5, 0.6) is 5.75 Å². The zero-order valence-corrected chi connectivity index (χ0v) is 11.6. The van der Waals surface area contributed by atoms with E-state index in [9.17, 15) is 10.1 Å². The zero-order valence-electron chi connectivity index (χ0n) is 10.8. The Morgan fingerprint density at radius 1 is 1.45 bits per heavy atom. The van der Waals surface area contributed by atoms with Gasteiger partial charge in [0, 0.05) is 18.0 Å². The summed E-state index contributed by atoms with van der Waals surface area (Å²) < 4.78 is 4.96. The first-order chi connectivity index (χ1) is 9.61. The van der Waals surface area contributed by atoms with Gasteiger partial charge in [-0.1, -0.05) is 17.8 Å². The summed E-state index contributed by atoms with van der Waals surface area (Å²) in [4.78, 5) is 14.7. The first-order valence-corrected chi connectivity index (χ1v) is 6.75. The first-order valence-electron chi connectivity index (χ1n) is 5.76. The third-order valence-electron chi connectivity index (χ3n) is 2.62. The van der Waals surface area contributed by atoms with Crippen molar-refractivity contribution in [2.24, 2.45) is 0 Å². The van der Waals surface area contributed by atoms with Crippen LogP contribution in [0.3, 0.4) is 0 Å². The largest absolute Gasteiger partial charge is 0.490 e. The molecule has 0 aliphatic heterocycles. The van der Waals surface area contributed by atoms with Crippen molar-refractivity contribution in [3.8, 4) is 5.75 Å². The molecule has 0 fully saturated rings. The third-order valence-corrected chi connectivity index (χ3v) is 3.71. The van der Waals surface area contributed by atoms with Crippen molar-refractivity contribution in [2.75, 3.05) is 12.8 Å². The van der Waals surface area contributed by atoms with Crippen molar-refractivity contribution in [1.82, 2.24) is 4.98 Å². The van der Waals surface area contributed by atoms with Crippen LogP contribution in [0, 0.1) is 10.1 Å². The molecule has 1 aromatic heterocycles. The van der Waals surface area contributed by atoms with E-state index in [-0.39, 0.29) is 11.4 Å². The molecule has 2 rings (SSSR count). The molecule has 0 saturated heterocycles. The molecule has 1 aromatic carbocycles. The maximum absolute atomic E-state index is 10.9. The van der Waals surface area contributed by atoms with Gasteiger partial charge < -0.3 is 10.5 Å². The van der Waals surface area contributed by atoms with Gasteiger partial charge >= 0.3 is 5.69 Å². The van der Waals surface area contributed by atoms with Gasteiger partial charge in [-0.25, -0.2) is 4.98 Å². The van der Waals surface area contributed by atoms with Crippen LogP contribution in [0.1, 0.15) is 5.56 Å². The molecule has 0 spiro atoms. The minimum absolute atomic E-state index is 0.0420. The summed E-state index contributed by atoms with van der Waals surface area (Å²) in [7, 11) is 1.41. The van der Waals surface area contributed by atoms with Gasteiger partial charge in [0.15, 0.2) is 5.75 Å². The lowest BCUT2D eigenvalue weighted by atomic mass is 10.2. The molecular formula is C13H13N3O3S. The van der Waals surface area contributed by atoms with Crippen molar-refractivity contribution in [2.45, 2.75) is 10.8 Å². The van der Waals surface area contributed by atoms with Gasteiger partial charge in [0.2, 0.25) is 0 Å². The molecule has 0 atom stereocenters. The summed E-state index contributed by atoms with van der Waals surface area (Å²) in [6, 6.07) is 8.42. The summed E-state index contributed by atoms with van der Waals surface area (Å²) in [5.74, 6) is 0.799.